The first-order chi connectivity index (χ1) is 17.2. The van der Waals surface area contributed by atoms with Gasteiger partial charge in [-0.3, -0.25) is 9.79 Å². The van der Waals surface area contributed by atoms with E-state index in [1.807, 2.05) is 35.9 Å². The molecule has 0 aromatic carbocycles. The number of imidazole rings is 1. The molecular weight excluding hydrogens is 444 g/mol. The third-order valence-corrected chi connectivity index (χ3v) is 6.75. The number of fused-ring (bicyclic) bond motifs is 1. The Morgan fingerprint density at radius 1 is 1.17 bits per heavy atom. The lowest BCUT2D eigenvalue weighted by Crippen LogP contribution is -2.25. The Hall–Kier alpha value is -2.95. The van der Waals surface area contributed by atoms with E-state index in [4.69, 9.17) is 4.99 Å². The van der Waals surface area contributed by atoms with Crippen LogP contribution in [0.4, 0.5) is 0 Å². The van der Waals surface area contributed by atoms with Crippen LogP contribution in [-0.4, -0.2) is 38.9 Å². The van der Waals surface area contributed by atoms with Gasteiger partial charge >= 0.3 is 0 Å². The number of hydrogen-bond donors (Lipinski definition) is 0. The Kier molecular flexibility index (Phi) is 11.9. The van der Waals surface area contributed by atoms with Crippen LogP contribution in [0.2, 0.25) is 0 Å². The van der Waals surface area contributed by atoms with Crippen LogP contribution in [-0.2, 0) is 4.79 Å². The van der Waals surface area contributed by atoms with Crippen molar-refractivity contribution in [3.05, 3.63) is 65.8 Å². The minimum atomic E-state index is -0.0195. The molecule has 0 aliphatic rings. The quantitative estimate of drug-likeness (QED) is 0.155. The zero-order valence-electron chi connectivity index (χ0n) is 23.7. The molecule has 36 heavy (non-hydrogen) atoms. The van der Waals surface area contributed by atoms with E-state index in [-0.39, 0.29) is 11.7 Å². The summed E-state index contributed by atoms with van der Waals surface area (Å²) in [5.41, 5.74) is 5.58. The number of hydrogen-bond acceptors (Lipinski definition) is 4. The molecule has 0 bridgehead atoms. The van der Waals surface area contributed by atoms with Crippen molar-refractivity contribution in [2.45, 2.75) is 81.1 Å². The number of carbonyl (C=O) groups excluding carboxylic acids is 1. The summed E-state index contributed by atoms with van der Waals surface area (Å²) in [6.45, 7) is 18.9. The Labute approximate surface area is 218 Å². The molecule has 2 atom stereocenters. The van der Waals surface area contributed by atoms with E-state index < -0.39 is 0 Å². The SMILES string of the molecule is C\C=C(/C=C\C(=N/C(=C\C(C)=O)c1ccn2cc(C)nc2c1)C(C)CC)N(CCC)CCC(C)CC. The van der Waals surface area contributed by atoms with Crippen LogP contribution in [0, 0.1) is 18.8 Å². The molecule has 2 aromatic rings. The Bertz CT molecular complexity index is 1120. The number of pyridine rings is 1. The van der Waals surface area contributed by atoms with Crippen LogP contribution in [0.5, 0.6) is 0 Å². The summed E-state index contributed by atoms with van der Waals surface area (Å²) >= 11 is 0. The van der Waals surface area contributed by atoms with Gasteiger partial charge in [0.2, 0.25) is 0 Å². The van der Waals surface area contributed by atoms with Gasteiger partial charge < -0.3 is 9.30 Å². The third kappa shape index (κ3) is 8.61. The molecule has 5 nitrogen and oxygen atoms in total. The zero-order chi connectivity index (χ0) is 26.7. The van der Waals surface area contributed by atoms with Gasteiger partial charge in [0.05, 0.1) is 11.4 Å². The Morgan fingerprint density at radius 2 is 1.92 bits per heavy atom. The summed E-state index contributed by atoms with van der Waals surface area (Å²) in [6, 6.07) is 4.00. The molecular formula is C31H46N4O. The summed E-state index contributed by atoms with van der Waals surface area (Å²) in [7, 11) is 0. The first kappa shape index (κ1) is 29.3. The number of aliphatic imine (C=N–C) groups is 1. The van der Waals surface area contributed by atoms with Crippen LogP contribution in [0.25, 0.3) is 11.3 Å². The van der Waals surface area contributed by atoms with Crippen molar-refractivity contribution < 1.29 is 4.79 Å². The van der Waals surface area contributed by atoms with E-state index in [2.05, 4.69) is 69.7 Å². The van der Waals surface area contributed by atoms with Crippen LogP contribution < -0.4 is 0 Å². The molecule has 0 saturated heterocycles. The van der Waals surface area contributed by atoms with Gasteiger partial charge in [0.1, 0.15) is 5.65 Å². The number of carbonyl (C=O) groups is 1. The fraction of sp³-hybridized carbons (Fsp3) is 0.516. The van der Waals surface area contributed by atoms with Crippen LogP contribution in [0.15, 0.2) is 59.5 Å². The van der Waals surface area contributed by atoms with Crippen molar-refractivity contribution in [2.75, 3.05) is 13.1 Å². The van der Waals surface area contributed by atoms with Crippen molar-refractivity contribution in [3.63, 3.8) is 0 Å². The standard InChI is InChI=1S/C31H46N4O/c1-9-17-34(18-15-23(5)10-2)28(12-4)13-14-29(24(6)11-3)33-30(20-26(8)36)27-16-19-35-22-25(7)32-31(35)21-27/h12-14,16,19-24H,9-11,15,17-18H2,1-8H3/b14-13-,28-12+,30-20-,33-29+. The maximum atomic E-state index is 12.1. The molecule has 0 radical (unpaired) electrons. The minimum absolute atomic E-state index is 0.0195. The fourth-order valence-electron chi connectivity index (χ4n) is 4.08. The van der Waals surface area contributed by atoms with Crippen molar-refractivity contribution in [3.8, 4) is 0 Å². The predicted molar refractivity (Wildman–Crippen MR) is 154 cm³/mol. The van der Waals surface area contributed by atoms with E-state index in [0.717, 1.165) is 54.5 Å². The molecule has 0 aliphatic carbocycles. The molecule has 5 heteroatoms. The molecule has 0 N–H and O–H groups in total. The molecule has 0 fully saturated rings. The molecule has 0 aliphatic heterocycles. The largest absolute Gasteiger partial charge is 0.372 e. The highest BCUT2D eigenvalue weighted by molar-refractivity contribution is 6.03. The first-order valence-electron chi connectivity index (χ1n) is 13.6. The fourth-order valence-corrected chi connectivity index (χ4v) is 4.08. The second-order valence-corrected chi connectivity index (χ2v) is 9.89. The average molecular weight is 491 g/mol. The van der Waals surface area contributed by atoms with Crippen LogP contribution in [0.3, 0.4) is 0 Å². The Balaban J connectivity index is 2.45. The third-order valence-electron chi connectivity index (χ3n) is 6.75. The van der Waals surface area contributed by atoms with Crippen molar-refractivity contribution in [2.24, 2.45) is 16.8 Å². The summed E-state index contributed by atoms with van der Waals surface area (Å²) in [5.74, 6) is 0.958. The number of aryl methyl sites for hydroxylation is 1. The lowest BCUT2D eigenvalue weighted by molar-refractivity contribution is -0.112. The second-order valence-electron chi connectivity index (χ2n) is 9.89. The van der Waals surface area contributed by atoms with Gasteiger partial charge in [-0.1, -0.05) is 47.1 Å². The topological polar surface area (TPSA) is 50.0 Å². The van der Waals surface area contributed by atoms with Gasteiger partial charge in [0.15, 0.2) is 5.78 Å². The highest BCUT2D eigenvalue weighted by Gasteiger charge is 2.12. The summed E-state index contributed by atoms with van der Waals surface area (Å²) in [4.78, 5) is 24.3. The molecule has 0 saturated carbocycles. The number of nitrogens with zero attached hydrogens (tertiary/aromatic N) is 4. The summed E-state index contributed by atoms with van der Waals surface area (Å²) in [6.07, 6.45) is 16.6. The molecule has 2 unspecified atom stereocenters. The smallest absolute Gasteiger partial charge is 0.154 e. The molecule has 2 aromatic heterocycles. The van der Waals surface area contributed by atoms with Gasteiger partial charge in [-0.05, 0) is 76.2 Å². The van der Waals surface area contributed by atoms with E-state index in [1.165, 1.54) is 18.5 Å². The average Bonchev–Trinajstić information content (AvgIpc) is 3.24. The van der Waals surface area contributed by atoms with Crippen LogP contribution >= 0.6 is 0 Å². The normalized spacial score (nSPS) is 15.1. The number of allylic oxidation sites excluding steroid dienone is 4. The molecule has 196 valence electrons. The van der Waals surface area contributed by atoms with Gasteiger partial charge in [-0.15, -0.1) is 0 Å². The van der Waals surface area contributed by atoms with E-state index in [0.29, 0.717) is 5.70 Å². The van der Waals surface area contributed by atoms with Gasteiger partial charge in [0, 0.05) is 48.5 Å². The maximum absolute atomic E-state index is 12.1. The maximum Gasteiger partial charge on any atom is 0.154 e. The van der Waals surface area contributed by atoms with Crippen LogP contribution in [0.1, 0.15) is 85.4 Å². The predicted octanol–water partition coefficient (Wildman–Crippen LogP) is 7.67. The number of rotatable bonds is 14. The summed E-state index contributed by atoms with van der Waals surface area (Å²) < 4.78 is 1.99. The molecule has 2 heterocycles. The first-order valence-corrected chi connectivity index (χ1v) is 13.6. The summed E-state index contributed by atoms with van der Waals surface area (Å²) in [5, 5.41) is 0. The van der Waals surface area contributed by atoms with Gasteiger partial charge in [-0.25, -0.2) is 4.98 Å². The van der Waals surface area contributed by atoms with E-state index in [9.17, 15) is 4.79 Å². The van der Waals surface area contributed by atoms with Crippen molar-refractivity contribution in [1.82, 2.24) is 14.3 Å². The van der Waals surface area contributed by atoms with Crippen molar-refractivity contribution >= 4 is 22.8 Å². The highest BCUT2D eigenvalue weighted by Crippen LogP contribution is 2.22. The molecule has 2 rings (SSSR count). The highest BCUT2D eigenvalue weighted by atomic mass is 16.1. The second kappa shape index (κ2) is 14.6. The van der Waals surface area contributed by atoms with Gasteiger partial charge in [-0.2, -0.15) is 0 Å². The number of ketones is 1. The molecule has 0 spiro atoms. The van der Waals surface area contributed by atoms with E-state index >= 15 is 0 Å². The van der Waals surface area contributed by atoms with E-state index in [1.54, 1.807) is 13.0 Å². The zero-order valence-corrected chi connectivity index (χ0v) is 23.7. The monoisotopic (exact) mass is 490 g/mol. The van der Waals surface area contributed by atoms with Gasteiger partial charge in [0.25, 0.3) is 0 Å². The van der Waals surface area contributed by atoms with Crippen molar-refractivity contribution in [1.29, 1.82) is 0 Å². The lowest BCUT2D eigenvalue weighted by atomic mass is 10.0. The number of aromatic nitrogens is 2. The Morgan fingerprint density at radius 3 is 2.53 bits per heavy atom. The minimum Gasteiger partial charge on any atom is -0.372 e. The molecule has 0 amide bonds. The lowest BCUT2D eigenvalue weighted by Gasteiger charge is -2.27.